The molecule has 0 aromatic heterocycles. The van der Waals surface area contributed by atoms with Crippen LogP contribution in [0.3, 0.4) is 0 Å². The van der Waals surface area contributed by atoms with Crippen molar-refractivity contribution in [2.24, 2.45) is 0 Å². The third kappa shape index (κ3) is 3.26. The summed E-state index contributed by atoms with van der Waals surface area (Å²) in [4.78, 5) is 14.5. The van der Waals surface area contributed by atoms with E-state index >= 15 is 0 Å². The van der Waals surface area contributed by atoms with Crippen molar-refractivity contribution in [1.29, 1.82) is 0 Å². The lowest BCUT2D eigenvalue weighted by Gasteiger charge is -2.35. The van der Waals surface area contributed by atoms with Crippen molar-refractivity contribution in [2.45, 2.75) is 62.9 Å². The first-order valence-electron chi connectivity index (χ1n) is 8.64. The van der Waals surface area contributed by atoms with Crippen LogP contribution in [-0.2, 0) is 16.1 Å². The summed E-state index contributed by atoms with van der Waals surface area (Å²) in [6.07, 6.45) is 4.62. The zero-order valence-corrected chi connectivity index (χ0v) is 13.2. The van der Waals surface area contributed by atoms with Crippen LogP contribution in [0.15, 0.2) is 24.3 Å². The number of likely N-dealkylation sites (tertiary alicyclic amines) is 1. The van der Waals surface area contributed by atoms with Crippen LogP contribution in [0.5, 0.6) is 0 Å². The van der Waals surface area contributed by atoms with Crippen LogP contribution in [-0.4, -0.2) is 41.6 Å². The second kappa shape index (κ2) is 6.21. The Bertz CT molecular complexity index is 590. The smallest absolute Gasteiger partial charge is 0.249 e. The van der Waals surface area contributed by atoms with E-state index in [4.69, 9.17) is 4.74 Å². The van der Waals surface area contributed by atoms with E-state index in [1.54, 1.807) is 6.07 Å². The van der Waals surface area contributed by atoms with Crippen LogP contribution in [0.2, 0.25) is 0 Å². The summed E-state index contributed by atoms with van der Waals surface area (Å²) in [6, 6.07) is 7.64. The number of halogens is 1. The molecule has 1 amide bonds. The van der Waals surface area contributed by atoms with Gasteiger partial charge in [0, 0.05) is 30.7 Å². The Morgan fingerprint density at radius 2 is 2.04 bits per heavy atom. The van der Waals surface area contributed by atoms with Gasteiger partial charge in [0.2, 0.25) is 5.91 Å². The van der Waals surface area contributed by atoms with E-state index in [9.17, 15) is 9.18 Å². The Kier molecular flexibility index (Phi) is 4.07. The van der Waals surface area contributed by atoms with Gasteiger partial charge in [0.1, 0.15) is 11.9 Å². The van der Waals surface area contributed by atoms with Gasteiger partial charge in [-0.1, -0.05) is 18.2 Å². The maximum Gasteiger partial charge on any atom is 0.249 e. The molecule has 1 aromatic rings. The summed E-state index contributed by atoms with van der Waals surface area (Å²) >= 11 is 0. The average Bonchev–Trinajstić information content (AvgIpc) is 3.28. The number of nitrogens with zero attached hydrogens (tertiary/aromatic N) is 1. The highest BCUT2D eigenvalue weighted by molar-refractivity contribution is 5.81. The highest BCUT2D eigenvalue weighted by Crippen LogP contribution is 2.33. The Balaban J connectivity index is 1.36. The predicted octanol–water partition coefficient (Wildman–Crippen LogP) is 2.23. The number of hydrogen-bond acceptors (Lipinski definition) is 3. The number of carbonyl (C=O) groups is 1. The fourth-order valence-electron chi connectivity index (χ4n) is 3.77. The van der Waals surface area contributed by atoms with Crippen molar-refractivity contribution >= 4 is 5.91 Å². The minimum Gasteiger partial charge on any atom is -0.363 e. The second-order valence-corrected chi connectivity index (χ2v) is 6.94. The van der Waals surface area contributed by atoms with E-state index in [1.165, 1.54) is 6.07 Å². The fourth-order valence-corrected chi connectivity index (χ4v) is 3.77. The molecule has 0 radical (unpaired) electrons. The molecule has 124 valence electrons. The minimum atomic E-state index is -0.301. The molecule has 2 heterocycles. The van der Waals surface area contributed by atoms with E-state index in [1.807, 2.05) is 12.1 Å². The van der Waals surface area contributed by atoms with Gasteiger partial charge >= 0.3 is 0 Å². The molecule has 2 aliphatic heterocycles. The van der Waals surface area contributed by atoms with Crippen LogP contribution < -0.4 is 5.32 Å². The molecular weight excluding hydrogens is 295 g/mol. The molecular formula is C18H23FN2O2. The van der Waals surface area contributed by atoms with E-state index in [0.717, 1.165) is 44.2 Å². The van der Waals surface area contributed by atoms with Gasteiger partial charge in [-0.25, -0.2) is 4.39 Å². The van der Waals surface area contributed by atoms with Crippen LogP contribution in [0.25, 0.3) is 0 Å². The fraction of sp³-hybridized carbons (Fsp3) is 0.611. The zero-order chi connectivity index (χ0) is 15.8. The van der Waals surface area contributed by atoms with Crippen molar-refractivity contribution in [3.8, 4) is 0 Å². The van der Waals surface area contributed by atoms with Crippen molar-refractivity contribution in [3.63, 3.8) is 0 Å². The van der Waals surface area contributed by atoms with E-state index in [0.29, 0.717) is 18.6 Å². The standard InChI is InChI=1S/C18H23FN2O2/c19-14-4-2-1-3-12(14)11-21-10-9-16-15(21)7-8-17(23-16)18(22)20-13-5-6-13/h1-4,13,15-17H,5-11H2,(H,20,22)/t15-,16-,17+/m1/s1. The molecule has 1 aliphatic carbocycles. The van der Waals surface area contributed by atoms with E-state index in [2.05, 4.69) is 10.2 Å². The number of benzene rings is 1. The van der Waals surface area contributed by atoms with Crippen molar-refractivity contribution in [3.05, 3.63) is 35.6 Å². The first-order valence-corrected chi connectivity index (χ1v) is 8.64. The summed E-state index contributed by atoms with van der Waals surface area (Å²) in [6.45, 7) is 1.52. The number of amides is 1. The Morgan fingerprint density at radius 1 is 1.22 bits per heavy atom. The van der Waals surface area contributed by atoms with Crippen LogP contribution in [0.4, 0.5) is 4.39 Å². The number of fused-ring (bicyclic) bond motifs is 1. The van der Waals surface area contributed by atoms with Crippen molar-refractivity contribution < 1.29 is 13.9 Å². The molecule has 4 rings (SSSR count). The van der Waals surface area contributed by atoms with Gasteiger partial charge in [-0.3, -0.25) is 9.69 Å². The number of ether oxygens (including phenoxy) is 1. The normalized spacial score (nSPS) is 30.9. The molecule has 1 N–H and O–H groups in total. The van der Waals surface area contributed by atoms with E-state index < -0.39 is 0 Å². The van der Waals surface area contributed by atoms with Crippen LogP contribution >= 0.6 is 0 Å². The van der Waals surface area contributed by atoms with E-state index in [-0.39, 0.29) is 23.9 Å². The lowest BCUT2D eigenvalue weighted by molar-refractivity contribution is -0.144. The first kappa shape index (κ1) is 15.1. The highest BCUT2D eigenvalue weighted by atomic mass is 19.1. The van der Waals surface area contributed by atoms with Gasteiger partial charge in [0.05, 0.1) is 6.10 Å². The second-order valence-electron chi connectivity index (χ2n) is 6.94. The van der Waals surface area contributed by atoms with Gasteiger partial charge in [-0.15, -0.1) is 0 Å². The molecule has 5 heteroatoms. The Hall–Kier alpha value is -1.46. The first-order chi connectivity index (χ1) is 11.2. The van der Waals surface area contributed by atoms with Gasteiger partial charge in [-0.05, 0) is 38.2 Å². The van der Waals surface area contributed by atoms with Gasteiger partial charge in [0.15, 0.2) is 0 Å². The Labute approximate surface area is 136 Å². The molecule has 4 nitrogen and oxygen atoms in total. The maximum atomic E-state index is 13.9. The monoisotopic (exact) mass is 318 g/mol. The number of nitrogens with one attached hydrogen (secondary N) is 1. The van der Waals surface area contributed by atoms with Crippen LogP contribution in [0.1, 0.15) is 37.7 Å². The number of carbonyl (C=O) groups excluding carboxylic acids is 1. The molecule has 0 unspecified atom stereocenters. The molecule has 3 aliphatic rings. The molecule has 3 atom stereocenters. The summed E-state index contributed by atoms with van der Waals surface area (Å²) in [5.74, 6) is -0.0899. The van der Waals surface area contributed by atoms with Gasteiger partial charge in [0.25, 0.3) is 0 Å². The van der Waals surface area contributed by atoms with Crippen molar-refractivity contribution in [1.82, 2.24) is 10.2 Å². The summed E-state index contributed by atoms with van der Waals surface area (Å²) in [5.41, 5.74) is 0.738. The lowest BCUT2D eigenvalue weighted by atomic mass is 9.98. The average molecular weight is 318 g/mol. The van der Waals surface area contributed by atoms with Crippen molar-refractivity contribution in [2.75, 3.05) is 6.54 Å². The minimum absolute atomic E-state index is 0.0542. The molecule has 1 aromatic carbocycles. The molecule has 1 saturated carbocycles. The quantitative estimate of drug-likeness (QED) is 0.925. The predicted molar refractivity (Wildman–Crippen MR) is 84.3 cm³/mol. The van der Waals surface area contributed by atoms with Crippen LogP contribution in [0, 0.1) is 5.82 Å². The Morgan fingerprint density at radius 3 is 2.83 bits per heavy atom. The van der Waals surface area contributed by atoms with Gasteiger partial charge in [-0.2, -0.15) is 0 Å². The topological polar surface area (TPSA) is 41.6 Å². The largest absolute Gasteiger partial charge is 0.363 e. The molecule has 3 fully saturated rings. The zero-order valence-electron chi connectivity index (χ0n) is 13.2. The third-order valence-corrected chi connectivity index (χ3v) is 5.21. The number of hydrogen-bond donors (Lipinski definition) is 1. The maximum absolute atomic E-state index is 13.9. The lowest BCUT2D eigenvalue weighted by Crippen LogP contribution is -2.48. The summed E-state index contributed by atoms with van der Waals surface area (Å²) in [5, 5.41) is 3.03. The SMILES string of the molecule is O=C(NC1CC1)[C@@H]1CC[C@@H]2[C@@H](CCN2Cc2ccccc2F)O1. The third-order valence-electron chi connectivity index (χ3n) is 5.21. The summed E-state index contributed by atoms with van der Waals surface area (Å²) in [7, 11) is 0. The molecule has 2 saturated heterocycles. The molecule has 0 bridgehead atoms. The molecule has 23 heavy (non-hydrogen) atoms. The summed E-state index contributed by atoms with van der Waals surface area (Å²) < 4.78 is 19.9. The number of rotatable bonds is 4. The molecule has 0 spiro atoms. The van der Waals surface area contributed by atoms with Gasteiger partial charge < -0.3 is 10.1 Å². The highest BCUT2D eigenvalue weighted by Gasteiger charge is 2.42.